The Kier molecular flexibility index (Phi) is 8.48. The first-order valence-electron chi connectivity index (χ1n) is 11.9. The number of benzene rings is 1. The third-order valence-corrected chi connectivity index (χ3v) is 7.33. The van der Waals surface area contributed by atoms with E-state index in [9.17, 15) is 13.8 Å². The van der Waals surface area contributed by atoms with Gasteiger partial charge in [0.05, 0.1) is 13.2 Å². The number of phosphoric ester groups is 1. The van der Waals surface area contributed by atoms with Crippen LogP contribution in [0.25, 0.3) is 33.3 Å². The molecule has 0 fully saturated rings. The van der Waals surface area contributed by atoms with E-state index in [2.05, 4.69) is 16.5 Å². The van der Waals surface area contributed by atoms with Gasteiger partial charge in [0, 0.05) is 53.9 Å². The van der Waals surface area contributed by atoms with E-state index in [-0.39, 0.29) is 25.9 Å². The molecule has 0 radical (unpaired) electrons. The molecule has 0 aliphatic rings. The fourth-order valence-corrected chi connectivity index (χ4v) is 5.07. The summed E-state index contributed by atoms with van der Waals surface area (Å²) in [5.74, 6) is -0.852. The van der Waals surface area contributed by atoms with Gasteiger partial charge in [0.25, 0.3) is 0 Å². The highest BCUT2D eigenvalue weighted by Gasteiger charge is 2.26. The van der Waals surface area contributed by atoms with Crippen molar-refractivity contribution in [3.63, 3.8) is 0 Å². The average Bonchev–Trinajstić information content (AvgIpc) is 3.29. The molecule has 1 aromatic carbocycles. The van der Waals surface area contributed by atoms with Crippen LogP contribution in [0.2, 0.25) is 0 Å². The summed E-state index contributed by atoms with van der Waals surface area (Å²) in [5.41, 5.74) is 4.09. The molecule has 0 aliphatic heterocycles. The zero-order valence-corrected chi connectivity index (χ0v) is 22.2. The number of hydrogen-bond acceptors (Lipinski definition) is 7. The van der Waals surface area contributed by atoms with E-state index < -0.39 is 13.8 Å². The van der Waals surface area contributed by atoms with Crippen LogP contribution in [-0.2, 0) is 29.7 Å². The number of fused-ring (bicyclic) bond motifs is 1. The van der Waals surface area contributed by atoms with Crippen molar-refractivity contribution in [2.45, 2.75) is 20.6 Å². The second kappa shape index (κ2) is 11.8. The quantitative estimate of drug-likeness (QED) is 0.127. The van der Waals surface area contributed by atoms with E-state index >= 15 is 0 Å². The SMILES string of the molecule is C=CC(=O)N(C)c1cccc(-c2cnc3c(c2)c(-c2ccnc(F)c2)cn3COP(=O)(OCC)OCC)c1. The second-order valence-corrected chi connectivity index (χ2v) is 9.84. The lowest BCUT2D eigenvalue weighted by molar-refractivity contribution is -0.113. The number of likely N-dealkylation sites (N-methyl/N-ethyl adjacent to an activating group) is 1. The number of carbonyl (C=O) groups is 1. The molecule has 0 bridgehead atoms. The van der Waals surface area contributed by atoms with Crippen LogP contribution in [-0.4, -0.2) is 40.7 Å². The largest absolute Gasteiger partial charge is 0.476 e. The lowest BCUT2D eigenvalue weighted by Crippen LogP contribution is -2.23. The van der Waals surface area contributed by atoms with Crippen LogP contribution < -0.4 is 4.90 Å². The lowest BCUT2D eigenvalue weighted by atomic mass is 10.0. The molecule has 198 valence electrons. The van der Waals surface area contributed by atoms with Crippen LogP contribution in [0, 0.1) is 5.95 Å². The van der Waals surface area contributed by atoms with Gasteiger partial charge in [0.1, 0.15) is 12.4 Å². The Balaban J connectivity index is 1.79. The number of anilines is 1. The van der Waals surface area contributed by atoms with Crippen molar-refractivity contribution in [3.8, 4) is 22.3 Å². The molecule has 38 heavy (non-hydrogen) atoms. The minimum Gasteiger partial charge on any atom is -0.312 e. The van der Waals surface area contributed by atoms with Crippen molar-refractivity contribution >= 4 is 30.5 Å². The molecule has 0 spiro atoms. The number of carbonyl (C=O) groups excluding carboxylic acids is 1. The predicted molar refractivity (Wildman–Crippen MR) is 144 cm³/mol. The summed E-state index contributed by atoms with van der Waals surface area (Å²) in [5, 5.41) is 0.709. The van der Waals surface area contributed by atoms with Crippen molar-refractivity contribution in [1.82, 2.24) is 14.5 Å². The van der Waals surface area contributed by atoms with Gasteiger partial charge in [-0.25, -0.2) is 14.5 Å². The van der Waals surface area contributed by atoms with Crippen molar-refractivity contribution in [1.29, 1.82) is 0 Å². The van der Waals surface area contributed by atoms with Crippen LogP contribution in [0.1, 0.15) is 13.8 Å². The summed E-state index contributed by atoms with van der Waals surface area (Å²) in [6, 6.07) is 12.4. The Labute approximate surface area is 220 Å². The number of aromatic nitrogens is 3. The molecule has 0 N–H and O–H groups in total. The van der Waals surface area contributed by atoms with Gasteiger partial charge in [-0.2, -0.15) is 4.39 Å². The van der Waals surface area contributed by atoms with Gasteiger partial charge in [0.2, 0.25) is 11.9 Å². The molecule has 4 aromatic rings. The van der Waals surface area contributed by atoms with E-state index in [0.717, 1.165) is 11.1 Å². The number of hydrogen-bond donors (Lipinski definition) is 0. The lowest BCUT2D eigenvalue weighted by Gasteiger charge is -2.17. The first kappa shape index (κ1) is 27.3. The van der Waals surface area contributed by atoms with Gasteiger partial charge in [-0.1, -0.05) is 18.7 Å². The fraction of sp³-hybridized carbons (Fsp3) is 0.222. The average molecular weight is 539 g/mol. The Bertz CT molecular complexity index is 1510. The van der Waals surface area contributed by atoms with Gasteiger partial charge in [-0.05, 0) is 55.3 Å². The van der Waals surface area contributed by atoms with Crippen LogP contribution in [0.3, 0.4) is 0 Å². The standard InChI is InChI=1S/C27H28FN4O5P/c1-5-26(33)31(4)22-10-8-9-19(13-22)21-14-23-24(20-11-12-29-25(28)15-20)17-32(27(23)30-16-21)18-37-38(34,35-6-2)36-7-3/h5,8-17H,1,6-7,18H2,2-4H3. The van der Waals surface area contributed by atoms with Crippen LogP contribution in [0.5, 0.6) is 0 Å². The molecule has 1 amide bonds. The second-order valence-electron chi connectivity index (χ2n) is 8.17. The van der Waals surface area contributed by atoms with Crippen molar-refractivity contribution in [3.05, 3.63) is 79.7 Å². The van der Waals surface area contributed by atoms with Crippen LogP contribution in [0.15, 0.2) is 73.7 Å². The molecule has 3 aromatic heterocycles. The predicted octanol–water partition coefficient (Wildman–Crippen LogP) is 6.21. The molecule has 0 atom stereocenters. The maximum absolute atomic E-state index is 14.0. The molecule has 3 heterocycles. The number of amides is 1. The van der Waals surface area contributed by atoms with Gasteiger partial charge in [0.15, 0.2) is 0 Å². The summed E-state index contributed by atoms with van der Waals surface area (Å²) in [6.07, 6.45) is 6.07. The van der Waals surface area contributed by atoms with Crippen molar-refractivity contribution < 1.29 is 27.3 Å². The van der Waals surface area contributed by atoms with E-state index in [0.29, 0.717) is 27.8 Å². The monoisotopic (exact) mass is 538 g/mol. The molecule has 9 nitrogen and oxygen atoms in total. The first-order chi connectivity index (χ1) is 18.3. The number of rotatable bonds is 11. The Hall–Kier alpha value is -3.69. The summed E-state index contributed by atoms with van der Waals surface area (Å²) < 4.78 is 44.6. The highest BCUT2D eigenvalue weighted by atomic mass is 31.2. The molecular formula is C27H28FN4O5P. The summed E-state index contributed by atoms with van der Waals surface area (Å²) in [7, 11) is -2.10. The molecule has 0 saturated heterocycles. The van der Waals surface area contributed by atoms with Crippen LogP contribution in [0.4, 0.5) is 10.1 Å². The maximum Gasteiger partial charge on any atom is 0.476 e. The van der Waals surface area contributed by atoms with E-state index in [1.807, 2.05) is 30.3 Å². The topological polar surface area (TPSA) is 95.8 Å². The van der Waals surface area contributed by atoms with Gasteiger partial charge < -0.3 is 9.47 Å². The number of phosphoric acid groups is 1. The molecule has 4 rings (SSSR count). The number of halogens is 1. The minimum atomic E-state index is -3.77. The maximum atomic E-state index is 14.0. The highest BCUT2D eigenvalue weighted by Crippen LogP contribution is 2.49. The molecule has 0 unspecified atom stereocenters. The Morgan fingerprint density at radius 3 is 2.53 bits per heavy atom. The van der Waals surface area contributed by atoms with Crippen molar-refractivity contribution in [2.24, 2.45) is 0 Å². The zero-order valence-electron chi connectivity index (χ0n) is 21.3. The zero-order chi connectivity index (χ0) is 27.3. The first-order valence-corrected chi connectivity index (χ1v) is 13.4. The molecule has 0 aliphatic carbocycles. The Morgan fingerprint density at radius 2 is 1.84 bits per heavy atom. The number of pyridine rings is 2. The molecule has 11 heteroatoms. The summed E-state index contributed by atoms with van der Waals surface area (Å²) in [6.45, 7) is 7.06. The van der Waals surface area contributed by atoms with E-state index in [4.69, 9.17) is 13.6 Å². The van der Waals surface area contributed by atoms with E-state index in [1.54, 1.807) is 43.9 Å². The van der Waals surface area contributed by atoms with Gasteiger partial charge in [-0.15, -0.1) is 0 Å². The summed E-state index contributed by atoms with van der Waals surface area (Å²) >= 11 is 0. The minimum absolute atomic E-state index is 0.152. The highest BCUT2D eigenvalue weighted by molar-refractivity contribution is 7.48. The van der Waals surface area contributed by atoms with Crippen LogP contribution >= 0.6 is 7.82 Å². The Morgan fingerprint density at radius 1 is 1.08 bits per heavy atom. The summed E-state index contributed by atoms with van der Waals surface area (Å²) in [4.78, 5) is 21.9. The molecular weight excluding hydrogens is 510 g/mol. The smallest absolute Gasteiger partial charge is 0.312 e. The number of nitrogens with zero attached hydrogens (tertiary/aromatic N) is 4. The van der Waals surface area contributed by atoms with Gasteiger partial charge >= 0.3 is 7.82 Å². The van der Waals surface area contributed by atoms with E-state index in [1.165, 1.54) is 23.2 Å². The van der Waals surface area contributed by atoms with Crippen molar-refractivity contribution in [2.75, 3.05) is 25.2 Å². The molecule has 0 saturated carbocycles. The normalized spacial score (nSPS) is 11.6. The fourth-order valence-electron chi connectivity index (χ4n) is 3.95. The third kappa shape index (κ3) is 5.89. The van der Waals surface area contributed by atoms with Gasteiger partial charge in [-0.3, -0.25) is 18.4 Å². The third-order valence-electron chi connectivity index (χ3n) is 5.75.